The fraction of sp³-hybridized carbons (Fsp3) is 0.833. The number of piperidine rings is 1. The van der Waals surface area contributed by atoms with E-state index < -0.39 is 0 Å². The van der Waals surface area contributed by atoms with Gasteiger partial charge in [0.05, 0.1) is 0 Å². The minimum absolute atomic E-state index is 0.222. The van der Waals surface area contributed by atoms with Gasteiger partial charge in [-0.3, -0.25) is 9.69 Å². The number of amides is 1. The van der Waals surface area contributed by atoms with Gasteiger partial charge in [0, 0.05) is 32.1 Å². The zero-order chi connectivity index (χ0) is 16.8. The molecule has 1 saturated heterocycles. The van der Waals surface area contributed by atoms with Crippen molar-refractivity contribution in [3.63, 3.8) is 0 Å². The summed E-state index contributed by atoms with van der Waals surface area (Å²) in [5.74, 6) is 0.227. The fourth-order valence-corrected chi connectivity index (χ4v) is 4.44. The Morgan fingerprint density at radius 1 is 1.04 bits per heavy atom. The Morgan fingerprint density at radius 2 is 1.67 bits per heavy atom. The zero-order valence-electron chi connectivity index (χ0n) is 15.0. The quantitative estimate of drug-likeness (QED) is 0.802. The second-order valence-corrected chi connectivity index (χ2v) is 7.53. The number of aryl methyl sites for hydroxylation is 1. The van der Waals surface area contributed by atoms with Gasteiger partial charge in [-0.25, -0.2) is 0 Å². The third-order valence-corrected chi connectivity index (χ3v) is 5.82. The molecule has 6 heteroatoms. The van der Waals surface area contributed by atoms with Crippen molar-refractivity contribution in [2.75, 3.05) is 26.7 Å². The topological polar surface area (TPSA) is 54.3 Å². The third kappa shape index (κ3) is 4.15. The first-order chi connectivity index (χ1) is 11.7. The lowest BCUT2D eigenvalue weighted by atomic mass is 9.78. The zero-order valence-corrected chi connectivity index (χ0v) is 15.0. The summed E-state index contributed by atoms with van der Waals surface area (Å²) in [5, 5.41) is 7.58. The highest BCUT2D eigenvalue weighted by atomic mass is 16.2. The van der Waals surface area contributed by atoms with Crippen LogP contribution in [-0.4, -0.2) is 62.7 Å². The van der Waals surface area contributed by atoms with E-state index in [1.54, 1.807) is 12.7 Å². The van der Waals surface area contributed by atoms with Gasteiger partial charge < -0.3 is 9.47 Å². The number of hydrogen-bond acceptors (Lipinski definition) is 4. The molecule has 1 amide bonds. The maximum Gasteiger partial charge on any atom is 0.224 e. The van der Waals surface area contributed by atoms with Crippen LogP contribution < -0.4 is 0 Å². The van der Waals surface area contributed by atoms with Crippen molar-refractivity contribution < 1.29 is 4.79 Å². The van der Waals surface area contributed by atoms with Crippen LogP contribution in [0.1, 0.15) is 57.8 Å². The van der Waals surface area contributed by atoms with E-state index in [0.29, 0.717) is 13.0 Å². The lowest BCUT2D eigenvalue weighted by molar-refractivity contribution is -0.132. The highest BCUT2D eigenvalue weighted by Gasteiger charge is 2.39. The Balaban J connectivity index is 1.59. The second-order valence-electron chi connectivity index (χ2n) is 7.53. The van der Waals surface area contributed by atoms with Gasteiger partial charge in [-0.2, -0.15) is 0 Å². The van der Waals surface area contributed by atoms with Crippen molar-refractivity contribution in [2.45, 2.75) is 69.9 Å². The molecule has 2 fully saturated rings. The summed E-state index contributed by atoms with van der Waals surface area (Å²) in [5.41, 5.74) is 0.222. The first-order valence-electron chi connectivity index (χ1n) is 9.51. The van der Waals surface area contributed by atoms with Crippen molar-refractivity contribution in [3.05, 3.63) is 12.7 Å². The highest BCUT2D eigenvalue weighted by molar-refractivity contribution is 5.75. The van der Waals surface area contributed by atoms with Gasteiger partial charge in [0.1, 0.15) is 12.7 Å². The van der Waals surface area contributed by atoms with E-state index in [1.165, 1.54) is 64.5 Å². The number of rotatable bonds is 6. The summed E-state index contributed by atoms with van der Waals surface area (Å²) in [6, 6.07) is 0. The largest absolute Gasteiger partial charge is 0.344 e. The molecule has 1 saturated carbocycles. The van der Waals surface area contributed by atoms with Crippen LogP contribution in [0.3, 0.4) is 0 Å². The Morgan fingerprint density at radius 3 is 2.33 bits per heavy atom. The molecule has 0 bridgehead atoms. The number of carbonyl (C=O) groups is 1. The van der Waals surface area contributed by atoms with E-state index >= 15 is 0 Å². The van der Waals surface area contributed by atoms with Crippen molar-refractivity contribution in [2.24, 2.45) is 0 Å². The van der Waals surface area contributed by atoms with Gasteiger partial charge in [0.2, 0.25) is 5.91 Å². The first-order valence-corrected chi connectivity index (χ1v) is 9.51. The predicted octanol–water partition coefficient (Wildman–Crippen LogP) is 2.32. The van der Waals surface area contributed by atoms with E-state index in [4.69, 9.17) is 0 Å². The molecule has 2 aliphatic rings. The average Bonchev–Trinajstić information content (AvgIpc) is 3.15. The molecular formula is C18H31N5O. The summed E-state index contributed by atoms with van der Waals surface area (Å²) in [4.78, 5) is 17.3. The molecule has 0 radical (unpaired) electrons. The third-order valence-electron chi connectivity index (χ3n) is 5.82. The van der Waals surface area contributed by atoms with Crippen molar-refractivity contribution >= 4 is 5.91 Å². The molecule has 1 aliphatic heterocycles. The number of nitrogens with zero attached hydrogens (tertiary/aromatic N) is 5. The number of carbonyl (C=O) groups excluding carboxylic acids is 1. The molecular weight excluding hydrogens is 302 g/mol. The summed E-state index contributed by atoms with van der Waals surface area (Å²) in [7, 11) is 1.98. The predicted molar refractivity (Wildman–Crippen MR) is 93.5 cm³/mol. The lowest BCUT2D eigenvalue weighted by Gasteiger charge is -2.50. The SMILES string of the molecule is CN(CC1(N2CCCCC2)CCCCC1)C(=O)CCn1cnnc1. The standard InChI is InChI=1S/C18H31N5O/c1-21(17(24)8-13-22-15-19-20-16-22)14-18(9-4-2-5-10-18)23-11-6-3-7-12-23/h15-16H,2-14H2,1H3. The van der Waals surface area contributed by atoms with E-state index in [0.717, 1.165) is 6.54 Å². The lowest BCUT2D eigenvalue weighted by Crippen LogP contribution is -2.58. The van der Waals surface area contributed by atoms with E-state index in [1.807, 2.05) is 16.5 Å². The Labute approximate surface area is 145 Å². The molecule has 3 rings (SSSR count). The van der Waals surface area contributed by atoms with Crippen LogP contribution in [-0.2, 0) is 11.3 Å². The van der Waals surface area contributed by atoms with Crippen LogP contribution in [0.2, 0.25) is 0 Å². The fourth-order valence-electron chi connectivity index (χ4n) is 4.44. The molecule has 0 spiro atoms. The summed E-state index contributed by atoms with van der Waals surface area (Å²) in [6.45, 7) is 3.96. The van der Waals surface area contributed by atoms with Crippen molar-refractivity contribution in [1.82, 2.24) is 24.6 Å². The first kappa shape index (κ1) is 17.4. The molecule has 0 atom stereocenters. The second kappa shape index (κ2) is 8.10. The highest BCUT2D eigenvalue weighted by Crippen LogP contribution is 2.36. The molecule has 24 heavy (non-hydrogen) atoms. The van der Waals surface area contributed by atoms with Crippen molar-refractivity contribution in [3.8, 4) is 0 Å². The van der Waals surface area contributed by atoms with Gasteiger partial charge in [0.15, 0.2) is 0 Å². The van der Waals surface area contributed by atoms with Gasteiger partial charge in [0.25, 0.3) is 0 Å². The van der Waals surface area contributed by atoms with E-state index in [-0.39, 0.29) is 11.4 Å². The monoisotopic (exact) mass is 333 g/mol. The van der Waals surface area contributed by atoms with E-state index in [9.17, 15) is 4.79 Å². The smallest absolute Gasteiger partial charge is 0.224 e. The van der Waals surface area contributed by atoms with Crippen LogP contribution in [0.5, 0.6) is 0 Å². The Kier molecular flexibility index (Phi) is 5.87. The van der Waals surface area contributed by atoms with Crippen LogP contribution in [0.4, 0.5) is 0 Å². The molecule has 134 valence electrons. The van der Waals surface area contributed by atoms with Crippen LogP contribution in [0, 0.1) is 0 Å². The molecule has 0 N–H and O–H groups in total. The van der Waals surface area contributed by atoms with E-state index in [2.05, 4.69) is 15.1 Å². The normalized spacial score (nSPS) is 21.5. The van der Waals surface area contributed by atoms with Gasteiger partial charge >= 0.3 is 0 Å². The Hall–Kier alpha value is -1.43. The molecule has 2 heterocycles. The number of likely N-dealkylation sites (N-methyl/N-ethyl adjacent to an activating group) is 1. The van der Waals surface area contributed by atoms with Gasteiger partial charge in [-0.05, 0) is 38.8 Å². The van der Waals surface area contributed by atoms with Gasteiger partial charge in [-0.15, -0.1) is 10.2 Å². The minimum Gasteiger partial charge on any atom is -0.344 e. The maximum absolute atomic E-state index is 12.6. The number of aromatic nitrogens is 3. The van der Waals surface area contributed by atoms with Crippen LogP contribution >= 0.6 is 0 Å². The van der Waals surface area contributed by atoms with Gasteiger partial charge in [-0.1, -0.05) is 25.7 Å². The Bertz CT molecular complexity index is 503. The number of hydrogen-bond donors (Lipinski definition) is 0. The molecule has 0 unspecified atom stereocenters. The number of likely N-dealkylation sites (tertiary alicyclic amines) is 1. The summed E-state index contributed by atoms with van der Waals surface area (Å²) in [6.07, 6.45) is 14.3. The molecule has 1 aliphatic carbocycles. The van der Waals surface area contributed by atoms with Crippen LogP contribution in [0.25, 0.3) is 0 Å². The minimum atomic E-state index is 0.222. The molecule has 1 aromatic heterocycles. The molecule has 1 aromatic rings. The average molecular weight is 333 g/mol. The maximum atomic E-state index is 12.6. The molecule has 0 aromatic carbocycles. The summed E-state index contributed by atoms with van der Waals surface area (Å²) < 4.78 is 1.87. The van der Waals surface area contributed by atoms with Crippen LogP contribution in [0.15, 0.2) is 12.7 Å². The summed E-state index contributed by atoms with van der Waals surface area (Å²) >= 11 is 0. The van der Waals surface area contributed by atoms with Crippen molar-refractivity contribution in [1.29, 1.82) is 0 Å². The molecule has 6 nitrogen and oxygen atoms in total.